The van der Waals surface area contributed by atoms with Crippen molar-refractivity contribution >= 4 is 6.29 Å². The topological polar surface area (TPSA) is 422 Å². The molecule has 85 heavy (non-hydrogen) atoms. The Morgan fingerprint density at radius 1 is 0.482 bits per heavy atom. The number of hydrogen-bond acceptors (Lipinski definition) is 27. The molecule has 11 rings (SSSR count). The minimum atomic E-state index is -2.06. The van der Waals surface area contributed by atoms with Gasteiger partial charge in [0, 0.05) is 16.2 Å². The minimum absolute atomic E-state index is 0.00599. The van der Waals surface area contributed by atoms with Gasteiger partial charge in [-0.2, -0.15) is 0 Å². The van der Waals surface area contributed by atoms with Crippen LogP contribution in [0, 0.1) is 50.2 Å². The molecule has 0 aromatic heterocycles. The highest BCUT2D eigenvalue weighted by Crippen LogP contribution is 2.80. The summed E-state index contributed by atoms with van der Waals surface area (Å²) in [6, 6.07) is 0. The van der Waals surface area contributed by atoms with E-state index in [0.717, 1.165) is 38.4 Å². The van der Waals surface area contributed by atoms with E-state index < -0.39 is 214 Å². The lowest BCUT2D eigenvalue weighted by atomic mass is 9.30. The molecule has 5 saturated carbocycles. The molecule has 0 radical (unpaired) electrons. The van der Waals surface area contributed by atoms with Gasteiger partial charge in [0.1, 0.15) is 116 Å². The Morgan fingerprint density at radius 3 is 1.65 bits per heavy atom. The van der Waals surface area contributed by atoms with E-state index in [1.54, 1.807) is 0 Å². The number of aliphatic hydroxyl groups is 15. The molecular weight excluding hydrogens is 1130 g/mol. The smallest absolute Gasteiger partial charge is 0.187 e. The molecule has 488 valence electrons. The number of carbonyl (C=O) groups is 1. The zero-order chi connectivity index (χ0) is 61.5. The normalized spacial score (nSPS) is 57.6. The fourth-order valence-corrected chi connectivity index (χ4v) is 18.9. The first kappa shape index (κ1) is 65.1. The molecule has 11 aliphatic rings. The second-order valence-electron chi connectivity index (χ2n) is 28.6. The van der Waals surface area contributed by atoms with Crippen molar-refractivity contribution in [1.29, 1.82) is 0 Å². The van der Waals surface area contributed by atoms with Gasteiger partial charge in [0.25, 0.3) is 0 Å². The summed E-state index contributed by atoms with van der Waals surface area (Å²) in [4.78, 5) is 12.7. The Hall–Kier alpha value is -1.37. The summed E-state index contributed by atoms with van der Waals surface area (Å²) in [5.74, 6) is 0.187. The quantitative estimate of drug-likeness (QED) is 0.0581. The van der Waals surface area contributed by atoms with Gasteiger partial charge in [-0.15, -0.1) is 0 Å². The first-order chi connectivity index (χ1) is 40.0. The third kappa shape index (κ3) is 10.2. The van der Waals surface area contributed by atoms with Crippen molar-refractivity contribution in [3.63, 3.8) is 0 Å². The van der Waals surface area contributed by atoms with Gasteiger partial charge in [-0.25, -0.2) is 0 Å². The van der Waals surface area contributed by atoms with E-state index in [-0.39, 0.29) is 28.6 Å². The molecule has 0 aromatic carbocycles. The standard InChI is InChI=1S/C58H94O27/c1-52(2)29-7-11-55(5)30(8-12-58-31-15-53(3,22-62)13-14-57(31,23-77-58)32(64)16-56(55,58)6)54(29,4)10-9-33(52)82-50-46(85-51-45(40(71)37(68)27(19-61)80-51)84-49-43(74)39(70)36(67)26(18-60)79-49)44(83-48-42(73)38(69)35(66)25(17-59)78-48)28(21-76-50)81-47-41(72)34(65)24(63)20-75-47/h22,24-51,59-61,63-74H,7-21,23H2,1-6H3/t24-,25-,26-,27-,28+,29?,30+,31+,32-,33+,34+,35-,36-,37-,38+,39+,40+,41-,42-,43-,44+,45-,46-,47+,48-,49-,50+,51+,53-,54-,55+,56-,57?,58?/m1/s1. The summed E-state index contributed by atoms with van der Waals surface area (Å²) < 4.78 is 70.0. The second-order valence-corrected chi connectivity index (χ2v) is 28.6. The maximum Gasteiger partial charge on any atom is 0.187 e. The number of fused-ring (bicyclic) bond motifs is 4. The molecule has 2 bridgehead atoms. The van der Waals surface area contributed by atoms with Gasteiger partial charge in [0.05, 0.1) is 57.5 Å². The van der Waals surface area contributed by atoms with Crippen LogP contribution in [-0.4, -0.2) is 282 Å². The summed E-state index contributed by atoms with van der Waals surface area (Å²) in [7, 11) is 0. The summed E-state index contributed by atoms with van der Waals surface area (Å²) in [6.07, 6.45) is -34.9. The van der Waals surface area contributed by atoms with Crippen LogP contribution in [0.5, 0.6) is 0 Å². The first-order valence-corrected chi connectivity index (χ1v) is 30.6. The van der Waals surface area contributed by atoms with Crippen LogP contribution in [0.2, 0.25) is 0 Å². The summed E-state index contributed by atoms with van der Waals surface area (Å²) in [5.41, 5.74) is -3.16. The molecule has 15 N–H and O–H groups in total. The Morgan fingerprint density at radius 2 is 1.04 bits per heavy atom. The van der Waals surface area contributed by atoms with Crippen LogP contribution in [0.15, 0.2) is 0 Å². The molecule has 11 fully saturated rings. The predicted octanol–water partition coefficient (Wildman–Crippen LogP) is -4.07. The lowest BCUT2D eigenvalue weighted by molar-refractivity contribution is -0.411. The maximum atomic E-state index is 12.7. The van der Waals surface area contributed by atoms with E-state index in [2.05, 4.69) is 34.6 Å². The lowest BCUT2D eigenvalue weighted by Crippen LogP contribution is -2.74. The highest BCUT2D eigenvalue weighted by molar-refractivity contribution is 5.59. The van der Waals surface area contributed by atoms with Crippen molar-refractivity contribution < 1.29 is 133 Å². The second kappa shape index (κ2) is 23.6. The van der Waals surface area contributed by atoms with Gasteiger partial charge in [-0.05, 0) is 98.2 Å². The molecular formula is C58H94O27. The first-order valence-electron chi connectivity index (χ1n) is 30.6. The molecule has 6 saturated heterocycles. The van der Waals surface area contributed by atoms with E-state index in [9.17, 15) is 81.4 Å². The van der Waals surface area contributed by atoms with Gasteiger partial charge < -0.3 is 133 Å². The number of carbonyl (C=O) groups excluding carboxylic acids is 1. The Bertz CT molecular complexity index is 2340. The zero-order valence-electron chi connectivity index (χ0n) is 49.2. The van der Waals surface area contributed by atoms with Crippen LogP contribution < -0.4 is 0 Å². The summed E-state index contributed by atoms with van der Waals surface area (Å²) >= 11 is 0. The molecule has 3 unspecified atom stereocenters. The minimum Gasteiger partial charge on any atom is -0.394 e. The number of hydrogen-bond donors (Lipinski definition) is 15. The van der Waals surface area contributed by atoms with Crippen molar-refractivity contribution in [3.05, 3.63) is 0 Å². The van der Waals surface area contributed by atoms with Gasteiger partial charge >= 0.3 is 0 Å². The highest BCUT2D eigenvalue weighted by atomic mass is 16.8. The number of aliphatic hydroxyl groups excluding tert-OH is 15. The molecule has 34 atom stereocenters. The number of rotatable bonds is 14. The molecule has 6 aliphatic heterocycles. The zero-order valence-corrected chi connectivity index (χ0v) is 49.2. The van der Waals surface area contributed by atoms with Crippen LogP contribution in [0.4, 0.5) is 0 Å². The van der Waals surface area contributed by atoms with Crippen molar-refractivity contribution in [2.45, 2.75) is 265 Å². The molecule has 27 nitrogen and oxygen atoms in total. The van der Waals surface area contributed by atoms with Crippen LogP contribution in [0.1, 0.15) is 106 Å². The fourth-order valence-electron chi connectivity index (χ4n) is 18.9. The maximum absolute atomic E-state index is 12.7. The van der Waals surface area contributed by atoms with Crippen LogP contribution in [0.3, 0.4) is 0 Å². The van der Waals surface area contributed by atoms with E-state index in [0.29, 0.717) is 38.7 Å². The van der Waals surface area contributed by atoms with E-state index >= 15 is 0 Å². The summed E-state index contributed by atoms with van der Waals surface area (Å²) in [6.45, 7) is 10.2. The average Bonchev–Trinajstić information content (AvgIpc) is 1.63. The van der Waals surface area contributed by atoms with Gasteiger partial charge in [-0.1, -0.05) is 41.5 Å². The van der Waals surface area contributed by atoms with Crippen LogP contribution in [-0.2, 0) is 56.9 Å². The van der Waals surface area contributed by atoms with Crippen molar-refractivity contribution in [3.8, 4) is 0 Å². The predicted molar refractivity (Wildman–Crippen MR) is 283 cm³/mol. The SMILES string of the molecule is CC1(C)C2CC[C@@]3(C)[C@@H](CCC45OCC6(CC[C@@](C)(C=O)C[C@@H]64)[C@H](O)C[C@@]53C)[C@]2(C)CC[C@@H]1O[C@@H]1OC[C@H](O[C@@H]2OC[C@@H](O)[C@H](O)[C@H]2O)[C@H](O[C@H]2O[C@H](CO)[C@@H](O)[C@H](O)[C@H]2O)[C@H]1O[C@@H]1O[C@H](CO)[C@@H](O)[C@H](O)[C@H]1O[C@H]1O[C@H](CO)[C@@H](O)[C@H](O)[C@H]1O. The molecule has 0 amide bonds. The van der Waals surface area contributed by atoms with Gasteiger partial charge in [-0.3, -0.25) is 0 Å². The summed E-state index contributed by atoms with van der Waals surface area (Å²) in [5, 5.41) is 165. The van der Waals surface area contributed by atoms with Gasteiger partial charge in [0.15, 0.2) is 31.5 Å². The van der Waals surface area contributed by atoms with E-state index in [4.69, 9.17) is 52.1 Å². The lowest BCUT2D eigenvalue weighted by Gasteiger charge is -2.75. The molecule has 1 spiro atoms. The largest absolute Gasteiger partial charge is 0.394 e. The Kier molecular flexibility index (Phi) is 18.1. The molecule has 6 heterocycles. The Labute approximate surface area is 493 Å². The van der Waals surface area contributed by atoms with Crippen molar-refractivity contribution in [1.82, 2.24) is 0 Å². The molecule has 5 aliphatic carbocycles. The number of aldehydes is 1. The van der Waals surface area contributed by atoms with Crippen molar-refractivity contribution in [2.75, 3.05) is 39.6 Å². The average molecular weight is 1220 g/mol. The fraction of sp³-hybridized carbons (Fsp3) is 0.983. The highest BCUT2D eigenvalue weighted by Gasteiger charge is 2.80. The van der Waals surface area contributed by atoms with E-state index in [1.165, 1.54) is 0 Å². The van der Waals surface area contributed by atoms with Crippen molar-refractivity contribution in [2.24, 2.45) is 50.2 Å². The van der Waals surface area contributed by atoms with E-state index in [1.807, 2.05) is 6.92 Å². The van der Waals surface area contributed by atoms with Crippen LogP contribution >= 0.6 is 0 Å². The molecule has 27 heteroatoms. The van der Waals surface area contributed by atoms with Gasteiger partial charge in [0.2, 0.25) is 0 Å². The van der Waals surface area contributed by atoms with Crippen LogP contribution in [0.25, 0.3) is 0 Å². The third-order valence-corrected chi connectivity index (χ3v) is 24.1. The Balaban J connectivity index is 0.936. The molecule has 0 aromatic rings. The third-order valence-electron chi connectivity index (χ3n) is 24.1. The number of ether oxygens (including phenoxy) is 11. The monoisotopic (exact) mass is 1220 g/mol.